The van der Waals surface area contributed by atoms with Crippen molar-refractivity contribution in [2.75, 3.05) is 13.7 Å². The van der Waals surface area contributed by atoms with Gasteiger partial charge in [0.2, 0.25) is 0 Å². The lowest BCUT2D eigenvalue weighted by atomic mass is 10.5. The van der Waals surface area contributed by atoms with Gasteiger partial charge < -0.3 is 10.2 Å². The van der Waals surface area contributed by atoms with E-state index in [1.54, 1.807) is 0 Å². The van der Waals surface area contributed by atoms with Gasteiger partial charge in [-0.1, -0.05) is 20.8 Å². The third-order valence-electron chi connectivity index (χ3n) is 2.86. The summed E-state index contributed by atoms with van der Waals surface area (Å²) in [5, 5.41) is 0. The summed E-state index contributed by atoms with van der Waals surface area (Å²) in [4.78, 5) is 0. The summed E-state index contributed by atoms with van der Waals surface area (Å²) in [5.41, 5.74) is 6.22. The highest BCUT2D eigenvalue weighted by Crippen LogP contribution is 2.30. The molecule has 0 saturated carbocycles. The molecule has 0 bridgehead atoms. The van der Waals surface area contributed by atoms with Crippen LogP contribution in [0.4, 0.5) is 0 Å². The first-order valence-corrected chi connectivity index (χ1v) is 7.28. The largest absolute Gasteiger partial charge is 0.420 e. The van der Waals surface area contributed by atoms with Crippen molar-refractivity contribution in [2.45, 2.75) is 44.8 Å². The lowest BCUT2D eigenvalue weighted by molar-refractivity contribution is 0.379. The molecule has 1 unspecified atom stereocenters. The second-order valence-electron chi connectivity index (χ2n) is 3.67. The fourth-order valence-corrected chi connectivity index (χ4v) is 5.27. The Labute approximate surface area is 77.6 Å². The molecule has 1 atom stereocenters. The standard InChI is InChI=1S/C9H23NOSi/c1-5-12(11-4,9(2)3)8-6-7-10/h9H,5-8,10H2,1-4H3. The molecule has 0 aliphatic heterocycles. The molecule has 74 valence electrons. The van der Waals surface area contributed by atoms with E-state index < -0.39 is 8.32 Å². The zero-order valence-electron chi connectivity index (χ0n) is 8.89. The lowest BCUT2D eigenvalue weighted by Gasteiger charge is -2.32. The van der Waals surface area contributed by atoms with Crippen molar-refractivity contribution >= 4 is 8.32 Å². The fourth-order valence-electron chi connectivity index (χ4n) is 1.76. The van der Waals surface area contributed by atoms with Crippen molar-refractivity contribution in [3.63, 3.8) is 0 Å². The van der Waals surface area contributed by atoms with Gasteiger partial charge >= 0.3 is 0 Å². The zero-order valence-corrected chi connectivity index (χ0v) is 9.89. The summed E-state index contributed by atoms with van der Waals surface area (Å²) >= 11 is 0. The van der Waals surface area contributed by atoms with Crippen LogP contribution in [0.25, 0.3) is 0 Å². The van der Waals surface area contributed by atoms with Crippen LogP contribution in [-0.2, 0) is 4.43 Å². The van der Waals surface area contributed by atoms with Crippen LogP contribution in [-0.4, -0.2) is 22.0 Å². The van der Waals surface area contributed by atoms with Crippen LogP contribution >= 0.6 is 0 Å². The molecule has 0 rings (SSSR count). The molecule has 0 aliphatic carbocycles. The Morgan fingerprint density at radius 1 is 1.42 bits per heavy atom. The molecular weight excluding hydrogens is 166 g/mol. The molecule has 0 fully saturated rings. The van der Waals surface area contributed by atoms with Crippen molar-refractivity contribution in [1.82, 2.24) is 0 Å². The van der Waals surface area contributed by atoms with Crippen LogP contribution in [0.3, 0.4) is 0 Å². The first-order valence-electron chi connectivity index (χ1n) is 4.88. The molecule has 0 heterocycles. The summed E-state index contributed by atoms with van der Waals surface area (Å²) in [6.45, 7) is 7.59. The Hall–Kier alpha value is 0.137. The van der Waals surface area contributed by atoms with Gasteiger partial charge in [-0.25, -0.2) is 0 Å². The van der Waals surface area contributed by atoms with Crippen molar-refractivity contribution in [2.24, 2.45) is 5.73 Å². The highest BCUT2D eigenvalue weighted by atomic mass is 28.4. The maximum Gasteiger partial charge on any atom is 0.194 e. The Balaban J connectivity index is 4.15. The zero-order chi connectivity index (χ0) is 9.61. The first kappa shape index (κ1) is 12.1. The SMILES string of the molecule is CC[Si](CCCN)(OC)C(C)C. The van der Waals surface area contributed by atoms with Crippen LogP contribution in [0.5, 0.6) is 0 Å². The van der Waals surface area contributed by atoms with Gasteiger partial charge in [-0.2, -0.15) is 0 Å². The first-order chi connectivity index (χ1) is 5.63. The Kier molecular flexibility index (Phi) is 5.79. The molecule has 2 nitrogen and oxygen atoms in total. The van der Waals surface area contributed by atoms with Crippen LogP contribution in [0.2, 0.25) is 17.6 Å². The van der Waals surface area contributed by atoms with Gasteiger partial charge in [0.1, 0.15) is 0 Å². The second-order valence-corrected chi connectivity index (χ2v) is 8.57. The number of rotatable bonds is 6. The third-order valence-corrected chi connectivity index (χ3v) is 8.18. The Morgan fingerprint density at radius 2 is 2.00 bits per heavy atom. The Bertz CT molecular complexity index is 113. The van der Waals surface area contributed by atoms with Gasteiger partial charge in [-0.15, -0.1) is 0 Å². The summed E-state index contributed by atoms with van der Waals surface area (Å²) in [5.74, 6) is 0. The minimum absolute atomic E-state index is 0.707. The highest BCUT2D eigenvalue weighted by molar-refractivity contribution is 6.75. The smallest absolute Gasteiger partial charge is 0.194 e. The molecule has 0 radical (unpaired) electrons. The number of hydrogen-bond acceptors (Lipinski definition) is 2. The molecule has 2 N–H and O–H groups in total. The molecule has 0 amide bonds. The maximum atomic E-state index is 5.73. The summed E-state index contributed by atoms with van der Waals surface area (Å²) in [6, 6.07) is 2.43. The van der Waals surface area contributed by atoms with E-state index in [1.807, 2.05) is 7.11 Å². The molecule has 0 aliphatic rings. The molecular formula is C9H23NOSi. The second kappa shape index (κ2) is 5.73. The molecule has 3 heteroatoms. The average molecular weight is 189 g/mol. The maximum absolute atomic E-state index is 5.73. The van der Waals surface area contributed by atoms with Crippen LogP contribution in [0.1, 0.15) is 27.2 Å². The van der Waals surface area contributed by atoms with E-state index in [4.69, 9.17) is 10.2 Å². The van der Waals surface area contributed by atoms with Crippen molar-refractivity contribution < 1.29 is 4.43 Å². The van der Waals surface area contributed by atoms with Gasteiger partial charge in [0.05, 0.1) is 0 Å². The molecule has 0 saturated heterocycles. The van der Waals surface area contributed by atoms with Crippen molar-refractivity contribution in [1.29, 1.82) is 0 Å². The number of nitrogens with two attached hydrogens (primary N) is 1. The molecule has 0 aromatic rings. The molecule has 0 aromatic carbocycles. The molecule has 0 aromatic heterocycles. The predicted molar refractivity (Wildman–Crippen MR) is 56.8 cm³/mol. The fraction of sp³-hybridized carbons (Fsp3) is 1.00. The van der Waals surface area contributed by atoms with Crippen molar-refractivity contribution in [3.05, 3.63) is 0 Å². The highest BCUT2D eigenvalue weighted by Gasteiger charge is 2.34. The molecule has 0 spiro atoms. The topological polar surface area (TPSA) is 35.2 Å². The van der Waals surface area contributed by atoms with Gasteiger partial charge in [-0.05, 0) is 30.6 Å². The van der Waals surface area contributed by atoms with Gasteiger partial charge in [0.15, 0.2) is 8.32 Å². The van der Waals surface area contributed by atoms with E-state index in [1.165, 1.54) is 12.1 Å². The third kappa shape index (κ3) is 2.88. The van der Waals surface area contributed by atoms with E-state index in [-0.39, 0.29) is 0 Å². The minimum Gasteiger partial charge on any atom is -0.420 e. The van der Waals surface area contributed by atoms with E-state index >= 15 is 0 Å². The quantitative estimate of drug-likeness (QED) is 0.651. The lowest BCUT2D eigenvalue weighted by Crippen LogP contribution is -2.40. The summed E-state index contributed by atoms with van der Waals surface area (Å²) < 4.78 is 5.73. The van der Waals surface area contributed by atoms with E-state index in [0.717, 1.165) is 13.0 Å². The van der Waals surface area contributed by atoms with Gasteiger partial charge in [0.25, 0.3) is 0 Å². The molecule has 12 heavy (non-hydrogen) atoms. The van der Waals surface area contributed by atoms with E-state index in [2.05, 4.69) is 20.8 Å². The number of hydrogen-bond donors (Lipinski definition) is 1. The van der Waals surface area contributed by atoms with Crippen LogP contribution < -0.4 is 5.73 Å². The van der Waals surface area contributed by atoms with Gasteiger partial charge in [0, 0.05) is 7.11 Å². The monoisotopic (exact) mass is 189 g/mol. The Morgan fingerprint density at radius 3 is 2.25 bits per heavy atom. The van der Waals surface area contributed by atoms with Crippen LogP contribution in [0.15, 0.2) is 0 Å². The van der Waals surface area contributed by atoms with E-state index in [9.17, 15) is 0 Å². The average Bonchev–Trinajstić information content (AvgIpc) is 2.07. The minimum atomic E-state index is -1.42. The normalized spacial score (nSPS) is 16.5. The predicted octanol–water partition coefficient (Wildman–Crippen LogP) is 2.36. The van der Waals surface area contributed by atoms with Crippen LogP contribution in [0, 0.1) is 0 Å². The van der Waals surface area contributed by atoms with Crippen molar-refractivity contribution in [3.8, 4) is 0 Å². The summed E-state index contributed by atoms with van der Waals surface area (Å²) in [6.07, 6.45) is 1.12. The van der Waals surface area contributed by atoms with E-state index in [0.29, 0.717) is 5.54 Å². The van der Waals surface area contributed by atoms with Gasteiger partial charge in [-0.3, -0.25) is 0 Å². The summed E-state index contributed by atoms with van der Waals surface area (Å²) in [7, 11) is 0.446.